The first-order valence-electron chi connectivity index (χ1n) is 4.00. The lowest BCUT2D eigenvalue weighted by Crippen LogP contribution is -1.92. The third-order valence-corrected chi connectivity index (χ3v) is 2.04. The summed E-state index contributed by atoms with van der Waals surface area (Å²) in [5.74, 6) is -0.186. The standard InChI is InChI=1S/C9H5FIN3O/c10-6-1-8(5-12-2-6)15-9-13-3-7(11)4-14-9/h1-5H. The maximum atomic E-state index is 12.7. The van der Waals surface area contributed by atoms with Crippen LogP contribution in [0.2, 0.25) is 0 Å². The lowest BCUT2D eigenvalue weighted by atomic mass is 10.4. The number of hydrogen-bond donors (Lipinski definition) is 0. The second-order valence-corrected chi connectivity index (χ2v) is 3.87. The molecule has 0 atom stereocenters. The van der Waals surface area contributed by atoms with E-state index in [9.17, 15) is 4.39 Å². The number of nitrogens with zero attached hydrogens (tertiary/aromatic N) is 3. The first kappa shape index (κ1) is 10.2. The third-order valence-electron chi connectivity index (χ3n) is 1.49. The molecule has 0 amide bonds. The van der Waals surface area contributed by atoms with Crippen molar-refractivity contribution in [2.75, 3.05) is 0 Å². The van der Waals surface area contributed by atoms with Gasteiger partial charge in [0.15, 0.2) is 5.75 Å². The number of pyridine rings is 1. The number of aromatic nitrogens is 3. The summed E-state index contributed by atoms with van der Waals surface area (Å²) in [6.45, 7) is 0. The van der Waals surface area contributed by atoms with E-state index in [1.54, 1.807) is 12.4 Å². The lowest BCUT2D eigenvalue weighted by molar-refractivity contribution is 0.435. The minimum atomic E-state index is -0.460. The fourth-order valence-corrected chi connectivity index (χ4v) is 1.19. The molecule has 0 saturated carbocycles. The van der Waals surface area contributed by atoms with Crippen LogP contribution >= 0.6 is 22.6 Å². The van der Waals surface area contributed by atoms with E-state index in [1.807, 2.05) is 0 Å². The first-order valence-corrected chi connectivity index (χ1v) is 5.08. The van der Waals surface area contributed by atoms with E-state index in [0.717, 1.165) is 9.77 Å². The summed E-state index contributed by atoms with van der Waals surface area (Å²) in [4.78, 5) is 11.5. The van der Waals surface area contributed by atoms with Gasteiger partial charge < -0.3 is 4.74 Å². The molecule has 2 aromatic rings. The van der Waals surface area contributed by atoms with Crippen LogP contribution in [0.3, 0.4) is 0 Å². The number of halogens is 2. The van der Waals surface area contributed by atoms with Gasteiger partial charge in [-0.15, -0.1) is 0 Å². The predicted molar refractivity (Wildman–Crippen MR) is 59.0 cm³/mol. The molecule has 0 radical (unpaired) electrons. The minimum Gasteiger partial charge on any atom is -0.423 e. The van der Waals surface area contributed by atoms with E-state index in [0.29, 0.717) is 0 Å². The van der Waals surface area contributed by atoms with Crippen LogP contribution in [0.25, 0.3) is 0 Å². The molecule has 0 aliphatic rings. The Bertz CT molecular complexity index is 463. The van der Waals surface area contributed by atoms with Crippen molar-refractivity contribution in [2.45, 2.75) is 0 Å². The molecule has 6 heteroatoms. The van der Waals surface area contributed by atoms with Gasteiger partial charge in [0, 0.05) is 22.0 Å². The van der Waals surface area contributed by atoms with Gasteiger partial charge in [0.2, 0.25) is 0 Å². The average molecular weight is 317 g/mol. The fourth-order valence-electron chi connectivity index (χ4n) is 0.907. The van der Waals surface area contributed by atoms with E-state index in [2.05, 4.69) is 37.5 Å². The molecule has 0 aliphatic heterocycles. The van der Waals surface area contributed by atoms with Gasteiger partial charge >= 0.3 is 6.01 Å². The fraction of sp³-hybridized carbons (Fsp3) is 0. The third kappa shape index (κ3) is 2.82. The quantitative estimate of drug-likeness (QED) is 0.798. The van der Waals surface area contributed by atoms with Crippen LogP contribution < -0.4 is 4.74 Å². The first-order chi connectivity index (χ1) is 7.24. The van der Waals surface area contributed by atoms with Crippen molar-refractivity contribution in [3.05, 3.63) is 40.2 Å². The highest BCUT2D eigenvalue weighted by molar-refractivity contribution is 14.1. The van der Waals surface area contributed by atoms with Crippen LogP contribution in [0.5, 0.6) is 11.8 Å². The molecule has 0 spiro atoms. The summed E-state index contributed by atoms with van der Waals surface area (Å²) in [7, 11) is 0. The molecule has 76 valence electrons. The van der Waals surface area contributed by atoms with Crippen LogP contribution in [0.15, 0.2) is 30.9 Å². The molecule has 0 saturated heterocycles. The normalized spacial score (nSPS) is 10.0. The second-order valence-electron chi connectivity index (χ2n) is 2.62. The summed E-state index contributed by atoms with van der Waals surface area (Å²) in [5.41, 5.74) is 0. The van der Waals surface area contributed by atoms with Gasteiger partial charge in [-0.1, -0.05) is 0 Å². The highest BCUT2D eigenvalue weighted by Gasteiger charge is 2.01. The van der Waals surface area contributed by atoms with Crippen molar-refractivity contribution < 1.29 is 9.13 Å². The molecular formula is C9H5FIN3O. The summed E-state index contributed by atoms with van der Waals surface area (Å²) in [5, 5.41) is 0. The van der Waals surface area contributed by atoms with E-state index >= 15 is 0 Å². The summed E-state index contributed by atoms with van der Waals surface area (Å²) in [6.07, 6.45) is 5.71. The van der Waals surface area contributed by atoms with E-state index in [4.69, 9.17) is 4.74 Å². The predicted octanol–water partition coefficient (Wildman–Crippen LogP) is 2.41. The molecule has 0 unspecified atom stereocenters. The summed E-state index contributed by atoms with van der Waals surface area (Å²) in [6, 6.07) is 1.39. The van der Waals surface area contributed by atoms with Crippen molar-refractivity contribution in [3.8, 4) is 11.8 Å². The van der Waals surface area contributed by atoms with Gasteiger partial charge in [0.05, 0.1) is 12.4 Å². The van der Waals surface area contributed by atoms with Gasteiger partial charge in [0.1, 0.15) is 5.82 Å². The van der Waals surface area contributed by atoms with Crippen LogP contribution in [-0.4, -0.2) is 15.0 Å². The van der Waals surface area contributed by atoms with Gasteiger partial charge in [-0.05, 0) is 22.6 Å². The molecule has 0 fully saturated rings. The van der Waals surface area contributed by atoms with E-state index < -0.39 is 5.82 Å². The zero-order valence-corrected chi connectivity index (χ0v) is 9.55. The molecule has 2 aromatic heterocycles. The molecule has 2 rings (SSSR count). The Hall–Kier alpha value is -1.31. The molecule has 0 N–H and O–H groups in total. The highest BCUT2D eigenvalue weighted by Crippen LogP contribution is 2.16. The largest absolute Gasteiger partial charge is 0.423 e. The Labute approximate surface area is 98.7 Å². The molecule has 4 nitrogen and oxygen atoms in total. The summed E-state index contributed by atoms with van der Waals surface area (Å²) >= 11 is 2.08. The highest BCUT2D eigenvalue weighted by atomic mass is 127. The van der Waals surface area contributed by atoms with Crippen LogP contribution in [0.1, 0.15) is 0 Å². The second kappa shape index (κ2) is 4.47. The molecule has 0 aliphatic carbocycles. The minimum absolute atomic E-state index is 0.169. The van der Waals surface area contributed by atoms with Crippen LogP contribution in [0, 0.1) is 9.39 Å². The number of rotatable bonds is 2. The van der Waals surface area contributed by atoms with Crippen molar-refractivity contribution in [1.29, 1.82) is 0 Å². The Morgan fingerprint density at radius 2 is 1.87 bits per heavy atom. The Morgan fingerprint density at radius 1 is 1.13 bits per heavy atom. The van der Waals surface area contributed by atoms with Gasteiger partial charge in [-0.2, -0.15) is 0 Å². The zero-order valence-electron chi connectivity index (χ0n) is 7.39. The maximum absolute atomic E-state index is 12.7. The van der Waals surface area contributed by atoms with Crippen LogP contribution in [0.4, 0.5) is 4.39 Å². The lowest BCUT2D eigenvalue weighted by Gasteiger charge is -2.02. The van der Waals surface area contributed by atoms with Gasteiger partial charge in [0.25, 0.3) is 0 Å². The SMILES string of the molecule is Fc1cncc(Oc2ncc(I)cn2)c1. The van der Waals surface area contributed by atoms with Crippen LogP contribution in [-0.2, 0) is 0 Å². The smallest absolute Gasteiger partial charge is 0.321 e. The Morgan fingerprint density at radius 3 is 2.53 bits per heavy atom. The molecule has 15 heavy (non-hydrogen) atoms. The molecule has 0 aromatic carbocycles. The molecule has 2 heterocycles. The zero-order chi connectivity index (χ0) is 10.7. The Kier molecular flexibility index (Phi) is 3.05. The van der Waals surface area contributed by atoms with E-state index in [-0.39, 0.29) is 11.8 Å². The topological polar surface area (TPSA) is 47.9 Å². The number of hydrogen-bond acceptors (Lipinski definition) is 4. The molecular weight excluding hydrogens is 312 g/mol. The maximum Gasteiger partial charge on any atom is 0.321 e. The van der Waals surface area contributed by atoms with Crippen molar-refractivity contribution in [3.63, 3.8) is 0 Å². The van der Waals surface area contributed by atoms with Crippen molar-refractivity contribution in [2.24, 2.45) is 0 Å². The number of ether oxygens (including phenoxy) is 1. The summed E-state index contributed by atoms with van der Waals surface area (Å²) < 4.78 is 18.8. The molecule has 0 bridgehead atoms. The Balaban J connectivity index is 2.18. The van der Waals surface area contributed by atoms with Crippen molar-refractivity contribution in [1.82, 2.24) is 15.0 Å². The van der Waals surface area contributed by atoms with Gasteiger partial charge in [-0.25, -0.2) is 14.4 Å². The average Bonchev–Trinajstić information content (AvgIpc) is 2.22. The van der Waals surface area contributed by atoms with Crippen molar-refractivity contribution >= 4 is 22.6 Å². The van der Waals surface area contributed by atoms with Gasteiger partial charge in [-0.3, -0.25) is 4.98 Å². The monoisotopic (exact) mass is 317 g/mol. The van der Waals surface area contributed by atoms with E-state index in [1.165, 1.54) is 12.3 Å².